The lowest BCUT2D eigenvalue weighted by molar-refractivity contribution is 0.343. The van der Waals surface area contributed by atoms with Gasteiger partial charge in [0.1, 0.15) is 17.1 Å². The van der Waals surface area contributed by atoms with E-state index in [4.69, 9.17) is 21.3 Å². The third kappa shape index (κ3) is 3.03. The summed E-state index contributed by atoms with van der Waals surface area (Å²) in [6.45, 7) is 4.96. The number of alkyl halides is 1. The summed E-state index contributed by atoms with van der Waals surface area (Å²) >= 11 is 5.97. The summed E-state index contributed by atoms with van der Waals surface area (Å²) in [6.07, 6.45) is 4.80. The zero-order chi connectivity index (χ0) is 14.8. The van der Waals surface area contributed by atoms with Crippen molar-refractivity contribution < 1.29 is 4.74 Å². The summed E-state index contributed by atoms with van der Waals surface area (Å²) in [7, 11) is 0. The highest BCUT2D eigenvalue weighted by Gasteiger charge is 2.26. The lowest BCUT2D eigenvalue weighted by Crippen LogP contribution is -2.10. The molecule has 0 spiro atoms. The van der Waals surface area contributed by atoms with Gasteiger partial charge < -0.3 is 9.30 Å². The van der Waals surface area contributed by atoms with Crippen LogP contribution in [0.1, 0.15) is 45.0 Å². The van der Waals surface area contributed by atoms with Gasteiger partial charge in [0.25, 0.3) is 0 Å². The smallest absolute Gasteiger partial charge is 0.147 e. The zero-order valence-corrected chi connectivity index (χ0v) is 13.6. The van der Waals surface area contributed by atoms with E-state index >= 15 is 0 Å². The minimum atomic E-state index is 0.470. The first kappa shape index (κ1) is 14.7. The number of ether oxygens (including phenoxy) is 1. The molecule has 2 aromatic rings. The lowest BCUT2D eigenvalue weighted by Gasteiger charge is -2.17. The summed E-state index contributed by atoms with van der Waals surface area (Å²) in [5.41, 5.74) is 2.15. The van der Waals surface area contributed by atoms with Crippen molar-refractivity contribution in [1.82, 2.24) is 9.55 Å². The van der Waals surface area contributed by atoms with Gasteiger partial charge in [-0.25, -0.2) is 4.98 Å². The number of aromatic nitrogens is 2. The predicted octanol–water partition coefficient (Wildman–Crippen LogP) is 4.58. The SMILES string of the molecule is CCOc1cccc2c1nc(CCCl)n2C(C)CC1CC1. The van der Waals surface area contributed by atoms with Gasteiger partial charge in [-0.2, -0.15) is 0 Å². The molecule has 3 rings (SSSR count). The number of benzene rings is 1. The molecule has 1 aromatic carbocycles. The molecule has 1 aromatic heterocycles. The average molecular weight is 307 g/mol. The number of aryl methyl sites for hydroxylation is 1. The molecule has 1 saturated carbocycles. The summed E-state index contributed by atoms with van der Waals surface area (Å²) in [5.74, 6) is 3.46. The van der Waals surface area contributed by atoms with Crippen molar-refractivity contribution in [2.24, 2.45) is 5.92 Å². The summed E-state index contributed by atoms with van der Waals surface area (Å²) in [4.78, 5) is 4.82. The second kappa shape index (κ2) is 6.27. The first-order valence-electron chi connectivity index (χ1n) is 7.93. The number of rotatable bonds is 7. The van der Waals surface area contributed by atoms with Crippen LogP contribution in [0.2, 0.25) is 0 Å². The number of fused-ring (bicyclic) bond motifs is 1. The molecule has 0 radical (unpaired) electrons. The van der Waals surface area contributed by atoms with Crippen LogP contribution in [0, 0.1) is 5.92 Å². The molecule has 3 nitrogen and oxygen atoms in total. The molecule has 0 saturated heterocycles. The first-order chi connectivity index (χ1) is 10.2. The van der Waals surface area contributed by atoms with Crippen LogP contribution in [0.5, 0.6) is 5.75 Å². The molecule has 0 aliphatic heterocycles. The van der Waals surface area contributed by atoms with Crippen LogP contribution in [0.3, 0.4) is 0 Å². The van der Waals surface area contributed by atoms with Gasteiger partial charge in [-0.15, -0.1) is 11.6 Å². The van der Waals surface area contributed by atoms with Crippen molar-refractivity contribution in [3.8, 4) is 5.75 Å². The topological polar surface area (TPSA) is 27.1 Å². The number of hydrogen-bond acceptors (Lipinski definition) is 2. The summed E-state index contributed by atoms with van der Waals surface area (Å²) in [5, 5.41) is 0. The summed E-state index contributed by atoms with van der Waals surface area (Å²) in [6, 6.07) is 6.67. The third-order valence-corrected chi connectivity index (χ3v) is 4.38. The Kier molecular flexibility index (Phi) is 4.39. The maximum atomic E-state index is 5.97. The Hall–Kier alpha value is -1.22. The number of nitrogens with zero attached hydrogens (tertiary/aromatic N) is 2. The van der Waals surface area contributed by atoms with Crippen LogP contribution in [0.25, 0.3) is 11.0 Å². The summed E-state index contributed by atoms with van der Waals surface area (Å²) < 4.78 is 8.10. The van der Waals surface area contributed by atoms with Crippen molar-refractivity contribution in [1.29, 1.82) is 0 Å². The largest absolute Gasteiger partial charge is 0.492 e. The fourth-order valence-corrected chi connectivity index (χ4v) is 3.27. The highest BCUT2D eigenvalue weighted by molar-refractivity contribution is 6.17. The molecule has 0 N–H and O–H groups in total. The van der Waals surface area contributed by atoms with Crippen LogP contribution in [0.15, 0.2) is 18.2 Å². The average Bonchev–Trinajstić information content (AvgIpc) is 3.18. The first-order valence-corrected chi connectivity index (χ1v) is 8.46. The van der Waals surface area contributed by atoms with E-state index in [1.165, 1.54) is 24.8 Å². The number of para-hydroxylation sites is 1. The fourth-order valence-electron chi connectivity index (χ4n) is 3.11. The molecule has 1 fully saturated rings. The molecule has 21 heavy (non-hydrogen) atoms. The Balaban J connectivity index is 2.05. The molecule has 1 atom stereocenters. The highest BCUT2D eigenvalue weighted by Crippen LogP contribution is 2.38. The van der Waals surface area contributed by atoms with Crippen LogP contribution < -0.4 is 4.74 Å². The lowest BCUT2D eigenvalue weighted by atomic mass is 10.1. The second-order valence-corrected chi connectivity index (χ2v) is 6.30. The molecule has 1 heterocycles. The standard InChI is InChI=1S/C17H23ClN2O/c1-3-21-15-6-4-5-14-17(15)19-16(9-10-18)20(14)12(2)11-13-7-8-13/h4-6,12-13H,3,7-11H2,1-2H3. The van der Waals surface area contributed by atoms with Crippen molar-refractivity contribution in [2.45, 2.75) is 45.6 Å². The molecular formula is C17H23ClN2O. The van der Waals surface area contributed by atoms with E-state index in [0.717, 1.165) is 29.4 Å². The van der Waals surface area contributed by atoms with Gasteiger partial charge in [0.2, 0.25) is 0 Å². The molecule has 1 unspecified atom stereocenters. The Morgan fingerprint density at radius 2 is 2.24 bits per heavy atom. The zero-order valence-electron chi connectivity index (χ0n) is 12.8. The number of imidazole rings is 1. The quantitative estimate of drug-likeness (QED) is 0.700. The van der Waals surface area contributed by atoms with Crippen molar-refractivity contribution in [2.75, 3.05) is 12.5 Å². The van der Waals surface area contributed by atoms with Gasteiger partial charge in [-0.3, -0.25) is 0 Å². The van der Waals surface area contributed by atoms with E-state index in [1.807, 2.05) is 13.0 Å². The Labute approximate surface area is 131 Å². The second-order valence-electron chi connectivity index (χ2n) is 5.92. The van der Waals surface area contributed by atoms with Crippen molar-refractivity contribution in [3.63, 3.8) is 0 Å². The van der Waals surface area contributed by atoms with E-state index in [2.05, 4.69) is 23.6 Å². The molecule has 0 amide bonds. The van der Waals surface area contributed by atoms with Gasteiger partial charge in [0, 0.05) is 18.3 Å². The van der Waals surface area contributed by atoms with E-state index in [0.29, 0.717) is 18.5 Å². The monoisotopic (exact) mass is 306 g/mol. The Morgan fingerprint density at radius 3 is 2.90 bits per heavy atom. The van der Waals surface area contributed by atoms with E-state index in [9.17, 15) is 0 Å². The van der Waals surface area contributed by atoms with E-state index in [-0.39, 0.29) is 0 Å². The van der Waals surface area contributed by atoms with Crippen LogP contribution >= 0.6 is 11.6 Å². The molecule has 114 valence electrons. The molecule has 0 bridgehead atoms. The van der Waals surface area contributed by atoms with Crippen LogP contribution in [-0.4, -0.2) is 22.0 Å². The fraction of sp³-hybridized carbons (Fsp3) is 0.588. The third-order valence-electron chi connectivity index (χ3n) is 4.19. The Bertz CT molecular complexity index is 619. The van der Waals surface area contributed by atoms with Gasteiger partial charge in [0.15, 0.2) is 0 Å². The maximum Gasteiger partial charge on any atom is 0.147 e. The van der Waals surface area contributed by atoms with Gasteiger partial charge in [-0.1, -0.05) is 18.9 Å². The van der Waals surface area contributed by atoms with Gasteiger partial charge in [-0.05, 0) is 38.3 Å². The van der Waals surface area contributed by atoms with E-state index < -0.39 is 0 Å². The molecule has 1 aliphatic rings. The van der Waals surface area contributed by atoms with Crippen molar-refractivity contribution in [3.05, 3.63) is 24.0 Å². The predicted molar refractivity (Wildman–Crippen MR) is 87.4 cm³/mol. The van der Waals surface area contributed by atoms with E-state index in [1.54, 1.807) is 0 Å². The molecule has 1 aliphatic carbocycles. The van der Waals surface area contributed by atoms with Gasteiger partial charge >= 0.3 is 0 Å². The molecule has 4 heteroatoms. The normalized spacial score (nSPS) is 16.3. The van der Waals surface area contributed by atoms with Crippen molar-refractivity contribution >= 4 is 22.6 Å². The van der Waals surface area contributed by atoms with Gasteiger partial charge in [0.05, 0.1) is 12.1 Å². The number of hydrogen-bond donors (Lipinski definition) is 0. The minimum Gasteiger partial charge on any atom is -0.492 e. The van der Waals surface area contributed by atoms with Crippen LogP contribution in [0.4, 0.5) is 0 Å². The minimum absolute atomic E-state index is 0.470. The Morgan fingerprint density at radius 1 is 1.43 bits per heavy atom. The molecular weight excluding hydrogens is 284 g/mol. The highest BCUT2D eigenvalue weighted by atomic mass is 35.5. The maximum absolute atomic E-state index is 5.97. The number of halogens is 1. The van der Waals surface area contributed by atoms with Crippen LogP contribution in [-0.2, 0) is 6.42 Å².